The zero-order valence-corrected chi connectivity index (χ0v) is 34.1. The van der Waals surface area contributed by atoms with Crippen molar-refractivity contribution in [2.45, 2.75) is 108 Å². The maximum absolute atomic E-state index is 13.8. The average Bonchev–Trinajstić information content (AvgIpc) is 3.53. The number of aryl methyl sites for hydroxylation is 1. The fourth-order valence-electron chi connectivity index (χ4n) is 7.76. The highest BCUT2D eigenvalue weighted by atomic mass is 19.4. The second-order valence-electron chi connectivity index (χ2n) is 15.6. The summed E-state index contributed by atoms with van der Waals surface area (Å²) in [4.78, 5) is 65.8. The van der Waals surface area contributed by atoms with Gasteiger partial charge in [0.15, 0.2) is 0 Å². The van der Waals surface area contributed by atoms with Crippen molar-refractivity contribution in [3.05, 3.63) is 65.0 Å². The lowest BCUT2D eigenvalue weighted by Gasteiger charge is -2.31. The minimum absolute atomic E-state index is 0.0292. The second kappa shape index (κ2) is 22.3. The van der Waals surface area contributed by atoms with Crippen LogP contribution in [0.1, 0.15) is 94.2 Å². The SMILES string of the molecule is C[C@H](N(Cc1ccc(F)cc1)C(=O)CN1C(=O)O[C@@]2(CCc3cc(NC(=O)CCCNC(=O)CCOCCOCCOCCC4CCCCCC4)ccc32)C1=O)C(F)(F)F. The number of hydrogen-bond donors (Lipinski definition) is 2. The predicted octanol–water partition coefficient (Wildman–Crippen LogP) is 6.56. The summed E-state index contributed by atoms with van der Waals surface area (Å²) in [5, 5.41) is 5.55. The van der Waals surface area contributed by atoms with Gasteiger partial charge in [-0.1, -0.05) is 56.7 Å². The monoisotopic (exact) mass is 848 g/mol. The van der Waals surface area contributed by atoms with Gasteiger partial charge in [-0.2, -0.15) is 13.2 Å². The molecule has 2 aromatic rings. The van der Waals surface area contributed by atoms with Gasteiger partial charge in [-0.3, -0.25) is 19.2 Å². The summed E-state index contributed by atoms with van der Waals surface area (Å²) < 4.78 is 77.0. The van der Waals surface area contributed by atoms with Crippen LogP contribution >= 0.6 is 0 Å². The number of carbonyl (C=O) groups excluding carboxylic acids is 5. The number of nitrogens with zero attached hydrogens (tertiary/aromatic N) is 2. The Hall–Kier alpha value is -4.61. The standard InChI is InChI=1S/C43H56F4N4O9/c1-30(43(45,46)47)50(28-32-10-12-34(44)13-11-32)39(54)29-51-40(55)42(60-41(51)56)19-16-33-27-35(14-15-36(33)42)49-38(53)9-6-20-48-37(52)18-22-58-24-26-59-25-23-57-21-17-31-7-4-2-3-5-8-31/h10-15,27,30-31H,2-9,16-26,28-29H2,1H3,(H,48,52)(H,49,53)/t30-,42+/m0/s1. The lowest BCUT2D eigenvalue weighted by molar-refractivity contribution is -0.187. The quantitative estimate of drug-likeness (QED) is 0.0763. The van der Waals surface area contributed by atoms with Crippen molar-refractivity contribution in [3.63, 3.8) is 0 Å². The predicted molar refractivity (Wildman–Crippen MR) is 211 cm³/mol. The maximum atomic E-state index is 13.8. The van der Waals surface area contributed by atoms with Crippen LogP contribution in [0.25, 0.3) is 0 Å². The number of benzene rings is 2. The molecule has 0 bridgehead atoms. The zero-order valence-electron chi connectivity index (χ0n) is 34.1. The van der Waals surface area contributed by atoms with Gasteiger partial charge in [0.25, 0.3) is 5.91 Å². The molecule has 5 amide bonds. The minimum Gasteiger partial charge on any atom is -0.427 e. The van der Waals surface area contributed by atoms with Crippen molar-refractivity contribution in [1.82, 2.24) is 15.1 Å². The first-order valence-electron chi connectivity index (χ1n) is 20.9. The molecule has 1 saturated heterocycles. The van der Waals surface area contributed by atoms with Gasteiger partial charge in [0.05, 0.1) is 33.0 Å². The van der Waals surface area contributed by atoms with Crippen molar-refractivity contribution < 1.29 is 60.5 Å². The van der Waals surface area contributed by atoms with E-state index in [1.807, 2.05) is 0 Å². The highest BCUT2D eigenvalue weighted by Crippen LogP contribution is 2.46. The number of hydrogen-bond acceptors (Lipinski definition) is 9. The number of ether oxygens (including phenoxy) is 4. The fourth-order valence-corrected chi connectivity index (χ4v) is 7.76. The van der Waals surface area contributed by atoms with E-state index in [0.717, 1.165) is 38.0 Å². The Morgan fingerprint density at radius 1 is 0.900 bits per heavy atom. The van der Waals surface area contributed by atoms with E-state index in [4.69, 9.17) is 18.9 Å². The van der Waals surface area contributed by atoms with Gasteiger partial charge >= 0.3 is 12.3 Å². The van der Waals surface area contributed by atoms with Gasteiger partial charge < -0.3 is 34.5 Å². The zero-order chi connectivity index (χ0) is 43.1. The number of nitrogens with one attached hydrogen (secondary N) is 2. The van der Waals surface area contributed by atoms with Crippen LogP contribution in [0.5, 0.6) is 0 Å². The van der Waals surface area contributed by atoms with Crippen molar-refractivity contribution in [3.8, 4) is 0 Å². The Balaban J connectivity index is 0.977. The second-order valence-corrected chi connectivity index (χ2v) is 15.6. The third-order valence-corrected chi connectivity index (χ3v) is 11.2. The molecule has 2 aliphatic carbocycles. The third-order valence-electron chi connectivity index (χ3n) is 11.2. The summed E-state index contributed by atoms with van der Waals surface area (Å²) >= 11 is 0. The number of fused-ring (bicyclic) bond motifs is 2. The summed E-state index contributed by atoms with van der Waals surface area (Å²) in [7, 11) is 0. The first-order valence-corrected chi connectivity index (χ1v) is 20.9. The Labute approximate surface area is 347 Å². The number of carbonyl (C=O) groups is 5. The summed E-state index contributed by atoms with van der Waals surface area (Å²) in [6.07, 6.45) is 4.09. The molecule has 2 atom stereocenters. The van der Waals surface area contributed by atoms with E-state index < -0.39 is 54.6 Å². The van der Waals surface area contributed by atoms with Crippen LogP contribution in [0.15, 0.2) is 42.5 Å². The van der Waals surface area contributed by atoms with Crippen LogP contribution in [0.3, 0.4) is 0 Å². The minimum atomic E-state index is -4.82. The molecule has 1 heterocycles. The van der Waals surface area contributed by atoms with Crippen LogP contribution in [0, 0.1) is 11.7 Å². The van der Waals surface area contributed by atoms with E-state index in [2.05, 4.69) is 10.6 Å². The van der Waals surface area contributed by atoms with Crippen molar-refractivity contribution in [2.24, 2.45) is 5.92 Å². The molecule has 13 nitrogen and oxygen atoms in total. The van der Waals surface area contributed by atoms with Gasteiger partial charge in [-0.05, 0) is 67.5 Å². The Morgan fingerprint density at radius 3 is 2.25 bits per heavy atom. The lowest BCUT2D eigenvalue weighted by Crippen LogP contribution is -2.51. The fraction of sp³-hybridized carbons (Fsp3) is 0.605. The van der Waals surface area contributed by atoms with Crippen LogP contribution < -0.4 is 10.6 Å². The number of halogens is 4. The largest absolute Gasteiger partial charge is 0.427 e. The van der Waals surface area contributed by atoms with Crippen LogP contribution in [-0.4, -0.2) is 104 Å². The van der Waals surface area contributed by atoms with Gasteiger partial charge in [0.2, 0.25) is 23.3 Å². The van der Waals surface area contributed by atoms with Gasteiger partial charge in [-0.25, -0.2) is 14.1 Å². The Kier molecular flexibility index (Phi) is 17.3. The molecule has 0 aromatic heterocycles. The number of anilines is 1. The molecule has 5 rings (SSSR count). The Bertz CT molecular complexity index is 1770. The summed E-state index contributed by atoms with van der Waals surface area (Å²) in [5.41, 5.74) is -0.171. The average molecular weight is 849 g/mol. The summed E-state index contributed by atoms with van der Waals surface area (Å²) in [6.45, 7) is 2.38. The van der Waals surface area contributed by atoms with Gasteiger partial charge in [0, 0.05) is 50.2 Å². The highest BCUT2D eigenvalue weighted by molar-refractivity contribution is 6.06. The molecule has 60 heavy (non-hydrogen) atoms. The maximum Gasteiger partial charge on any atom is 0.418 e. The molecule has 1 spiro atoms. The molecule has 1 saturated carbocycles. The van der Waals surface area contributed by atoms with E-state index in [0.29, 0.717) is 59.5 Å². The van der Waals surface area contributed by atoms with E-state index in [-0.39, 0.29) is 56.2 Å². The van der Waals surface area contributed by atoms with E-state index >= 15 is 0 Å². The topological polar surface area (TPSA) is 153 Å². The molecule has 2 aromatic carbocycles. The van der Waals surface area contributed by atoms with Crippen LogP contribution in [0.2, 0.25) is 0 Å². The number of imide groups is 1. The first kappa shape index (κ1) is 46.5. The van der Waals surface area contributed by atoms with E-state index in [9.17, 15) is 41.5 Å². The van der Waals surface area contributed by atoms with Crippen LogP contribution in [-0.2, 0) is 56.7 Å². The van der Waals surface area contributed by atoms with Gasteiger partial charge in [-0.15, -0.1) is 0 Å². The molecule has 0 radical (unpaired) electrons. The normalized spacial score (nSPS) is 18.6. The molecule has 330 valence electrons. The number of alkyl halides is 3. The summed E-state index contributed by atoms with van der Waals surface area (Å²) in [6, 6.07) is 7.01. The molecule has 0 unspecified atom stereocenters. The van der Waals surface area contributed by atoms with Gasteiger partial charge in [0.1, 0.15) is 18.4 Å². The molecule has 2 N–H and O–H groups in total. The van der Waals surface area contributed by atoms with E-state index in [1.165, 1.54) is 62.8 Å². The molecule has 2 fully saturated rings. The molecule has 3 aliphatic rings. The third kappa shape index (κ3) is 13.2. The smallest absolute Gasteiger partial charge is 0.418 e. The molecular formula is C43H56F4N4O9. The first-order chi connectivity index (χ1) is 28.8. The van der Waals surface area contributed by atoms with E-state index in [1.54, 1.807) is 6.07 Å². The number of amides is 5. The van der Waals surface area contributed by atoms with Crippen molar-refractivity contribution in [1.29, 1.82) is 0 Å². The molecule has 17 heteroatoms. The summed E-state index contributed by atoms with van der Waals surface area (Å²) in [5.74, 6) is -2.37. The Morgan fingerprint density at radius 2 is 1.57 bits per heavy atom. The molecule has 1 aliphatic heterocycles. The lowest BCUT2D eigenvalue weighted by atomic mass is 9.94. The highest BCUT2D eigenvalue weighted by Gasteiger charge is 2.58. The molecular weight excluding hydrogens is 792 g/mol. The van der Waals surface area contributed by atoms with Crippen molar-refractivity contribution in [2.75, 3.05) is 58.0 Å². The van der Waals surface area contributed by atoms with Crippen LogP contribution in [0.4, 0.5) is 28.0 Å². The number of rotatable bonds is 22. The van der Waals surface area contributed by atoms with Crippen molar-refractivity contribution >= 4 is 35.4 Å².